The molecule has 0 aliphatic rings. The first-order valence-electron chi connectivity index (χ1n) is 6.40. The Balaban J connectivity index is 2.13. The molecule has 1 aromatic carbocycles. The summed E-state index contributed by atoms with van der Waals surface area (Å²) in [6.07, 6.45) is 1.46. The van der Waals surface area contributed by atoms with Gasteiger partial charge in [-0.05, 0) is 31.2 Å². The van der Waals surface area contributed by atoms with Gasteiger partial charge in [0, 0.05) is 0 Å². The van der Waals surface area contributed by atoms with Crippen LogP contribution in [0.3, 0.4) is 0 Å². The topological polar surface area (TPSA) is 80.3 Å². The molecule has 2 rings (SSSR count). The summed E-state index contributed by atoms with van der Waals surface area (Å²) in [6.45, 7) is 1.58. The SMILES string of the molecule is CCS(=O)(=O)Nc1ccc(Nc2ccccc2OC)nc1. The van der Waals surface area contributed by atoms with Crippen molar-refractivity contribution in [1.29, 1.82) is 0 Å². The molecule has 0 fully saturated rings. The molecule has 0 radical (unpaired) electrons. The molecule has 0 aliphatic heterocycles. The van der Waals surface area contributed by atoms with E-state index in [2.05, 4.69) is 15.0 Å². The molecule has 0 amide bonds. The van der Waals surface area contributed by atoms with Gasteiger partial charge in [-0.25, -0.2) is 13.4 Å². The molecule has 112 valence electrons. The monoisotopic (exact) mass is 307 g/mol. The van der Waals surface area contributed by atoms with E-state index < -0.39 is 10.0 Å². The first-order chi connectivity index (χ1) is 10.0. The Morgan fingerprint density at radius 3 is 2.57 bits per heavy atom. The minimum absolute atomic E-state index is 0.0220. The molecule has 7 heteroatoms. The average Bonchev–Trinajstić information content (AvgIpc) is 2.49. The Labute approximate surface area is 124 Å². The van der Waals surface area contributed by atoms with Crippen LogP contribution >= 0.6 is 0 Å². The van der Waals surface area contributed by atoms with E-state index in [-0.39, 0.29) is 5.75 Å². The number of nitrogens with one attached hydrogen (secondary N) is 2. The highest BCUT2D eigenvalue weighted by atomic mass is 32.2. The van der Waals surface area contributed by atoms with Crippen LogP contribution in [0.2, 0.25) is 0 Å². The lowest BCUT2D eigenvalue weighted by Crippen LogP contribution is -2.14. The number of nitrogens with zero attached hydrogens (tertiary/aromatic N) is 1. The van der Waals surface area contributed by atoms with Gasteiger partial charge in [0.2, 0.25) is 10.0 Å². The Morgan fingerprint density at radius 2 is 1.95 bits per heavy atom. The van der Waals surface area contributed by atoms with Gasteiger partial charge in [-0.3, -0.25) is 4.72 Å². The molecule has 0 saturated heterocycles. The lowest BCUT2D eigenvalue weighted by molar-refractivity contribution is 0.417. The van der Waals surface area contributed by atoms with Crippen molar-refractivity contribution in [3.63, 3.8) is 0 Å². The average molecular weight is 307 g/mol. The van der Waals surface area contributed by atoms with Crippen LogP contribution in [0.5, 0.6) is 5.75 Å². The van der Waals surface area contributed by atoms with Crippen LogP contribution in [0.4, 0.5) is 17.2 Å². The molecule has 0 saturated carbocycles. The zero-order chi connectivity index (χ0) is 15.3. The maximum atomic E-state index is 11.5. The highest BCUT2D eigenvalue weighted by Crippen LogP contribution is 2.26. The van der Waals surface area contributed by atoms with Crippen molar-refractivity contribution in [3.05, 3.63) is 42.6 Å². The van der Waals surface area contributed by atoms with E-state index in [4.69, 9.17) is 4.74 Å². The molecular formula is C14H17N3O3S. The highest BCUT2D eigenvalue weighted by molar-refractivity contribution is 7.92. The maximum Gasteiger partial charge on any atom is 0.232 e. The molecule has 0 spiro atoms. The largest absolute Gasteiger partial charge is 0.495 e. The number of methoxy groups -OCH3 is 1. The summed E-state index contributed by atoms with van der Waals surface area (Å²) >= 11 is 0. The van der Waals surface area contributed by atoms with Crippen molar-refractivity contribution in [2.45, 2.75) is 6.92 Å². The quantitative estimate of drug-likeness (QED) is 0.857. The van der Waals surface area contributed by atoms with Crippen LogP contribution in [-0.2, 0) is 10.0 Å². The van der Waals surface area contributed by atoms with E-state index in [0.29, 0.717) is 17.3 Å². The number of aromatic nitrogens is 1. The second-order valence-electron chi connectivity index (χ2n) is 4.26. The minimum Gasteiger partial charge on any atom is -0.495 e. The summed E-state index contributed by atoms with van der Waals surface area (Å²) in [6, 6.07) is 10.8. The molecule has 2 N–H and O–H groups in total. The van der Waals surface area contributed by atoms with Gasteiger partial charge in [0.15, 0.2) is 0 Å². The Kier molecular flexibility index (Phi) is 4.64. The molecule has 0 unspecified atom stereocenters. The van der Waals surface area contributed by atoms with Crippen molar-refractivity contribution in [2.75, 3.05) is 22.9 Å². The Hall–Kier alpha value is -2.28. The summed E-state index contributed by atoms with van der Waals surface area (Å²) in [5.74, 6) is 1.32. The molecule has 0 bridgehead atoms. The number of pyridine rings is 1. The van der Waals surface area contributed by atoms with Crippen LogP contribution in [0.15, 0.2) is 42.6 Å². The van der Waals surface area contributed by atoms with Gasteiger partial charge < -0.3 is 10.1 Å². The lowest BCUT2D eigenvalue weighted by atomic mass is 10.3. The molecule has 2 aromatic rings. The van der Waals surface area contributed by atoms with Gasteiger partial charge in [0.05, 0.1) is 30.4 Å². The number of anilines is 3. The van der Waals surface area contributed by atoms with E-state index in [0.717, 1.165) is 5.69 Å². The molecular weight excluding hydrogens is 290 g/mol. The number of sulfonamides is 1. The summed E-state index contributed by atoms with van der Waals surface area (Å²) < 4.78 is 30.6. The fourth-order valence-corrected chi connectivity index (χ4v) is 2.29. The second-order valence-corrected chi connectivity index (χ2v) is 6.27. The van der Waals surface area contributed by atoms with Crippen LogP contribution < -0.4 is 14.8 Å². The van der Waals surface area contributed by atoms with Crippen molar-refractivity contribution in [2.24, 2.45) is 0 Å². The first kappa shape index (κ1) is 15.1. The second kappa shape index (κ2) is 6.45. The third-order valence-corrected chi connectivity index (χ3v) is 4.09. The summed E-state index contributed by atoms with van der Waals surface area (Å²) in [7, 11) is -1.69. The van der Waals surface area contributed by atoms with Gasteiger partial charge in [-0.2, -0.15) is 0 Å². The van der Waals surface area contributed by atoms with E-state index in [1.165, 1.54) is 6.20 Å². The number of hydrogen-bond donors (Lipinski definition) is 2. The predicted molar refractivity (Wildman–Crippen MR) is 83.6 cm³/mol. The van der Waals surface area contributed by atoms with Crippen LogP contribution in [0.25, 0.3) is 0 Å². The Bertz CT molecular complexity index is 700. The van der Waals surface area contributed by atoms with Gasteiger partial charge in [0.1, 0.15) is 11.6 Å². The van der Waals surface area contributed by atoms with Crippen molar-refractivity contribution in [3.8, 4) is 5.75 Å². The van der Waals surface area contributed by atoms with E-state index >= 15 is 0 Å². The van der Waals surface area contributed by atoms with Crippen molar-refractivity contribution in [1.82, 2.24) is 4.98 Å². The summed E-state index contributed by atoms with van der Waals surface area (Å²) in [4.78, 5) is 4.17. The van der Waals surface area contributed by atoms with Crippen molar-refractivity contribution >= 4 is 27.2 Å². The molecule has 6 nitrogen and oxygen atoms in total. The standard InChI is InChI=1S/C14H17N3O3S/c1-3-21(18,19)17-11-8-9-14(15-10-11)16-12-6-4-5-7-13(12)20-2/h4-10,17H,3H2,1-2H3,(H,15,16). The van der Waals surface area contributed by atoms with E-state index in [1.807, 2.05) is 24.3 Å². The smallest absolute Gasteiger partial charge is 0.232 e. The van der Waals surface area contributed by atoms with Gasteiger partial charge >= 0.3 is 0 Å². The minimum atomic E-state index is -3.29. The highest BCUT2D eigenvalue weighted by Gasteiger charge is 2.07. The fraction of sp³-hybridized carbons (Fsp3) is 0.214. The number of para-hydroxylation sites is 2. The van der Waals surface area contributed by atoms with Gasteiger partial charge in [-0.1, -0.05) is 12.1 Å². The maximum absolute atomic E-state index is 11.5. The van der Waals surface area contributed by atoms with Gasteiger partial charge in [0.25, 0.3) is 0 Å². The van der Waals surface area contributed by atoms with Crippen molar-refractivity contribution < 1.29 is 13.2 Å². The summed E-state index contributed by atoms with van der Waals surface area (Å²) in [5.41, 5.74) is 1.22. The molecule has 0 aliphatic carbocycles. The summed E-state index contributed by atoms with van der Waals surface area (Å²) in [5, 5.41) is 3.11. The lowest BCUT2D eigenvalue weighted by Gasteiger charge is -2.11. The van der Waals surface area contributed by atoms with Crippen LogP contribution in [0, 0.1) is 0 Å². The molecule has 1 heterocycles. The molecule has 0 atom stereocenters. The number of benzene rings is 1. The molecule has 21 heavy (non-hydrogen) atoms. The predicted octanol–water partition coefficient (Wildman–Crippen LogP) is 2.60. The third kappa shape index (κ3) is 4.09. The zero-order valence-corrected chi connectivity index (χ0v) is 12.6. The van der Waals surface area contributed by atoms with E-state index in [9.17, 15) is 8.42 Å². The number of ether oxygens (including phenoxy) is 1. The third-order valence-electron chi connectivity index (χ3n) is 2.79. The van der Waals surface area contributed by atoms with Gasteiger partial charge in [-0.15, -0.1) is 0 Å². The van der Waals surface area contributed by atoms with Crippen LogP contribution in [0.1, 0.15) is 6.92 Å². The Morgan fingerprint density at radius 1 is 1.19 bits per heavy atom. The zero-order valence-electron chi connectivity index (χ0n) is 11.8. The number of rotatable bonds is 6. The first-order valence-corrected chi connectivity index (χ1v) is 8.06. The normalized spacial score (nSPS) is 11.0. The fourth-order valence-electron chi connectivity index (χ4n) is 1.67. The number of hydrogen-bond acceptors (Lipinski definition) is 5. The molecule has 1 aromatic heterocycles. The van der Waals surface area contributed by atoms with E-state index in [1.54, 1.807) is 26.2 Å². The van der Waals surface area contributed by atoms with Crippen LogP contribution in [-0.4, -0.2) is 26.3 Å².